The monoisotopic (exact) mass is 380 g/mol. The first-order chi connectivity index (χ1) is 11.1. The highest BCUT2D eigenvalue weighted by Crippen LogP contribution is 2.40. The fourth-order valence-corrected chi connectivity index (χ4v) is 2.73. The van der Waals surface area contributed by atoms with Crippen molar-refractivity contribution in [2.24, 2.45) is 0 Å². The Bertz CT molecular complexity index is 697. The molecule has 0 aromatic carbocycles. The highest BCUT2D eigenvalue weighted by Gasteiger charge is 2.28. The maximum absolute atomic E-state index is 13.2. The molecule has 0 amide bonds. The summed E-state index contributed by atoms with van der Waals surface area (Å²) >= 11 is 3.26. The Morgan fingerprint density at radius 2 is 1.48 bits per heavy atom. The smallest absolute Gasteiger partial charge is 0.145 e. The Balaban J connectivity index is 0.000000136. The van der Waals surface area contributed by atoms with Crippen LogP contribution in [0.5, 0.6) is 0 Å². The van der Waals surface area contributed by atoms with Gasteiger partial charge in [-0.1, -0.05) is 15.9 Å². The van der Waals surface area contributed by atoms with E-state index in [-0.39, 0.29) is 11.6 Å². The average Bonchev–Trinajstić information content (AvgIpc) is 3.39. The number of alkyl halides is 1. The Morgan fingerprint density at radius 3 is 1.91 bits per heavy atom. The predicted octanol–water partition coefficient (Wildman–Crippen LogP) is 5.40. The fraction of sp³-hybridized carbons (Fsp3) is 0.444. The van der Waals surface area contributed by atoms with Crippen LogP contribution in [-0.2, 0) is 5.33 Å². The zero-order chi connectivity index (χ0) is 16.4. The zero-order valence-corrected chi connectivity index (χ0v) is 14.6. The molecule has 0 radical (unpaired) electrons. The Kier molecular flexibility index (Phi) is 5.05. The molecule has 0 atom stereocenters. The molecule has 23 heavy (non-hydrogen) atoms. The second-order valence-electron chi connectivity index (χ2n) is 6.27. The first kappa shape index (κ1) is 16.5. The van der Waals surface area contributed by atoms with Gasteiger partial charge >= 0.3 is 0 Å². The summed E-state index contributed by atoms with van der Waals surface area (Å²) in [6.45, 7) is 1.85. The summed E-state index contributed by atoms with van der Waals surface area (Å²) in [5, 5.41) is 0.669. The van der Waals surface area contributed by atoms with Crippen LogP contribution in [0.2, 0.25) is 0 Å². The lowest BCUT2D eigenvalue weighted by Gasteiger charge is -2.00. The summed E-state index contributed by atoms with van der Waals surface area (Å²) in [6, 6.07) is 3.12. The number of aromatic nitrogens is 2. The van der Waals surface area contributed by atoms with Crippen LogP contribution in [-0.4, -0.2) is 9.97 Å². The lowest BCUT2D eigenvalue weighted by Crippen LogP contribution is -1.93. The van der Waals surface area contributed by atoms with Crippen molar-refractivity contribution in [3.63, 3.8) is 0 Å². The summed E-state index contributed by atoms with van der Waals surface area (Å²) in [5.41, 5.74) is 3.11. The normalized spacial score (nSPS) is 16.7. The first-order valence-corrected chi connectivity index (χ1v) is 9.03. The molecule has 2 aromatic rings. The molecule has 2 nitrogen and oxygen atoms in total. The molecule has 4 rings (SSSR count). The van der Waals surface area contributed by atoms with Gasteiger partial charge < -0.3 is 0 Å². The van der Waals surface area contributed by atoms with Gasteiger partial charge in [0.2, 0.25) is 0 Å². The van der Waals surface area contributed by atoms with E-state index >= 15 is 0 Å². The van der Waals surface area contributed by atoms with E-state index in [0.29, 0.717) is 28.6 Å². The van der Waals surface area contributed by atoms with E-state index in [0.717, 1.165) is 36.8 Å². The number of halogens is 3. The Labute approximate surface area is 143 Å². The Hall–Kier alpha value is -1.36. The minimum Gasteiger partial charge on any atom is -0.258 e. The van der Waals surface area contributed by atoms with Gasteiger partial charge in [0.15, 0.2) is 0 Å². The highest BCUT2D eigenvalue weighted by atomic mass is 79.9. The van der Waals surface area contributed by atoms with Gasteiger partial charge in [0.05, 0.1) is 11.4 Å². The van der Waals surface area contributed by atoms with Crippen LogP contribution in [0.25, 0.3) is 0 Å². The standard InChI is InChI=1S/C9H9BrFN.C9H10FN/c10-4-6-3-8(11)9(12-5-6)7-1-2-7;1-6-4-8(10)9(11-5-6)7-2-3-7/h3,5,7H,1-2,4H2;4-5,7H,2-3H2,1H3. The molecule has 5 heteroatoms. The minimum absolute atomic E-state index is 0.132. The molecule has 0 aliphatic heterocycles. The summed E-state index contributed by atoms with van der Waals surface area (Å²) in [5.74, 6) is 0.534. The maximum Gasteiger partial charge on any atom is 0.145 e. The van der Waals surface area contributed by atoms with Gasteiger partial charge in [0, 0.05) is 29.6 Å². The van der Waals surface area contributed by atoms with Crippen LogP contribution < -0.4 is 0 Å². The molecule has 122 valence electrons. The molecule has 2 aliphatic rings. The minimum atomic E-state index is -0.144. The van der Waals surface area contributed by atoms with Gasteiger partial charge in [0.1, 0.15) is 11.6 Å². The quantitative estimate of drug-likeness (QED) is 0.666. The van der Waals surface area contributed by atoms with Crippen LogP contribution in [0.15, 0.2) is 24.5 Å². The number of pyridine rings is 2. The number of aryl methyl sites for hydroxylation is 1. The van der Waals surface area contributed by atoms with E-state index in [2.05, 4.69) is 25.9 Å². The number of hydrogen-bond donors (Lipinski definition) is 0. The molecule has 2 aliphatic carbocycles. The van der Waals surface area contributed by atoms with Crippen molar-refractivity contribution in [1.82, 2.24) is 9.97 Å². The molecule has 0 saturated heterocycles. The third kappa shape index (κ3) is 4.34. The second kappa shape index (κ2) is 7.04. The topological polar surface area (TPSA) is 25.8 Å². The molecule has 0 bridgehead atoms. The molecular formula is C18H19BrF2N2. The third-order valence-electron chi connectivity index (χ3n) is 4.02. The molecule has 2 heterocycles. The van der Waals surface area contributed by atoms with Gasteiger partial charge in [-0.05, 0) is 55.9 Å². The van der Waals surface area contributed by atoms with Crippen LogP contribution in [0.3, 0.4) is 0 Å². The third-order valence-corrected chi connectivity index (χ3v) is 4.66. The van der Waals surface area contributed by atoms with Gasteiger partial charge in [-0.15, -0.1) is 0 Å². The summed E-state index contributed by atoms with van der Waals surface area (Å²) in [4.78, 5) is 8.17. The lowest BCUT2D eigenvalue weighted by molar-refractivity contribution is 0.598. The van der Waals surface area contributed by atoms with Gasteiger partial charge in [-0.2, -0.15) is 0 Å². The van der Waals surface area contributed by atoms with E-state index < -0.39 is 0 Å². The van der Waals surface area contributed by atoms with Gasteiger partial charge in [-0.3, -0.25) is 9.97 Å². The average molecular weight is 381 g/mol. The number of nitrogens with zero attached hydrogens (tertiary/aromatic N) is 2. The number of hydrogen-bond acceptors (Lipinski definition) is 2. The van der Waals surface area contributed by atoms with Crippen molar-refractivity contribution in [2.45, 2.75) is 49.8 Å². The van der Waals surface area contributed by atoms with E-state index in [1.807, 2.05) is 6.92 Å². The van der Waals surface area contributed by atoms with Crippen molar-refractivity contribution >= 4 is 15.9 Å². The van der Waals surface area contributed by atoms with Crippen molar-refractivity contribution in [3.05, 3.63) is 58.7 Å². The van der Waals surface area contributed by atoms with Crippen LogP contribution in [0.4, 0.5) is 8.78 Å². The second-order valence-corrected chi connectivity index (χ2v) is 6.83. The fourth-order valence-electron chi connectivity index (χ4n) is 2.42. The Morgan fingerprint density at radius 1 is 0.957 bits per heavy atom. The van der Waals surface area contributed by atoms with Crippen molar-refractivity contribution < 1.29 is 8.78 Å². The van der Waals surface area contributed by atoms with Gasteiger partial charge in [0.25, 0.3) is 0 Å². The van der Waals surface area contributed by atoms with Gasteiger partial charge in [-0.25, -0.2) is 8.78 Å². The van der Waals surface area contributed by atoms with E-state index in [1.165, 1.54) is 0 Å². The van der Waals surface area contributed by atoms with E-state index in [1.54, 1.807) is 24.5 Å². The lowest BCUT2D eigenvalue weighted by atomic mass is 10.2. The molecule has 2 aromatic heterocycles. The van der Waals surface area contributed by atoms with E-state index in [4.69, 9.17) is 0 Å². The predicted molar refractivity (Wildman–Crippen MR) is 89.7 cm³/mol. The SMILES string of the molecule is Cc1cnc(C2CC2)c(F)c1.Fc1cc(CBr)cnc1C1CC1. The van der Waals surface area contributed by atoms with E-state index in [9.17, 15) is 8.78 Å². The first-order valence-electron chi connectivity index (χ1n) is 7.90. The maximum atomic E-state index is 13.2. The van der Waals surface area contributed by atoms with Crippen molar-refractivity contribution in [2.75, 3.05) is 0 Å². The van der Waals surface area contributed by atoms with Crippen LogP contribution in [0.1, 0.15) is 60.0 Å². The van der Waals surface area contributed by atoms with Crippen LogP contribution in [0, 0.1) is 18.6 Å². The van der Waals surface area contributed by atoms with Crippen molar-refractivity contribution in [3.8, 4) is 0 Å². The zero-order valence-electron chi connectivity index (χ0n) is 13.0. The molecule has 2 saturated carbocycles. The molecule has 2 fully saturated rings. The summed E-state index contributed by atoms with van der Waals surface area (Å²) < 4.78 is 26.3. The largest absolute Gasteiger partial charge is 0.258 e. The van der Waals surface area contributed by atoms with Crippen LogP contribution >= 0.6 is 15.9 Å². The summed E-state index contributed by atoms with van der Waals surface area (Å²) in [7, 11) is 0. The highest BCUT2D eigenvalue weighted by molar-refractivity contribution is 9.08. The molecule has 0 N–H and O–H groups in total. The summed E-state index contributed by atoms with van der Waals surface area (Å²) in [6.07, 6.45) is 7.87. The van der Waals surface area contributed by atoms with Crippen molar-refractivity contribution in [1.29, 1.82) is 0 Å². The molecule has 0 spiro atoms. The molecular weight excluding hydrogens is 362 g/mol. The number of rotatable bonds is 3. The molecule has 0 unspecified atom stereocenters.